The summed E-state index contributed by atoms with van der Waals surface area (Å²) in [5, 5.41) is 0. The molecule has 0 amide bonds. The van der Waals surface area contributed by atoms with E-state index in [1.807, 2.05) is 0 Å². The number of rotatable bonds is 0. The predicted octanol–water partition coefficient (Wildman–Crippen LogP) is -3.70. The van der Waals surface area contributed by atoms with Gasteiger partial charge in [-0.25, -0.2) is 0 Å². The Balaban J connectivity index is 0. The smallest absolute Gasteiger partial charge is 0.870 e. The van der Waals surface area contributed by atoms with Crippen LogP contribution in [0.1, 0.15) is 0 Å². The fourth-order valence-electron chi connectivity index (χ4n) is 0. The van der Waals surface area contributed by atoms with Gasteiger partial charge in [-0.3, -0.25) is 0 Å². The molecule has 0 fully saturated rings. The molecule has 0 spiro atoms. The Morgan fingerprint density at radius 2 is 0.500 bits per heavy atom. The fraction of sp³-hybridized carbons (Fsp3) is 0. The first-order chi connectivity index (χ1) is 0. The summed E-state index contributed by atoms with van der Waals surface area (Å²) in [6, 6.07) is 0. The molecule has 0 bridgehead atoms. The third-order valence-corrected chi connectivity index (χ3v) is 0. The van der Waals surface area contributed by atoms with Gasteiger partial charge in [0.15, 0.2) is 0 Å². The molecule has 0 aliphatic rings. The molecule has 1 radical (unpaired) electrons. The second-order valence-corrected chi connectivity index (χ2v) is 0. The van der Waals surface area contributed by atoms with Crippen LogP contribution in [0.15, 0.2) is 0 Å². The second-order valence-electron chi connectivity index (χ2n) is 0. The summed E-state index contributed by atoms with van der Waals surface area (Å²) in [5.41, 5.74) is 0. The average molecular weight is 251 g/mol. The zero-order chi connectivity index (χ0) is 0. The molecule has 0 unspecified atom stereocenters. The van der Waals surface area contributed by atoms with Gasteiger partial charge in [0, 0.05) is 0 Å². The first-order valence-electron chi connectivity index (χ1n) is 0. The maximum absolute atomic E-state index is 0. The summed E-state index contributed by atoms with van der Waals surface area (Å²) in [7, 11) is 0. The molecule has 0 aromatic heterocycles. The quantitative estimate of drug-likeness (QED) is 0.411. The van der Waals surface area contributed by atoms with E-state index in [0.717, 1.165) is 0 Å². The van der Waals surface area contributed by atoms with Gasteiger partial charge in [-0.15, -0.1) is 0 Å². The Bertz CT molecular complexity index is 7.51. The molecule has 33 valence electrons. The molecular formula is H4KNdO4. The molecule has 0 aliphatic heterocycles. The maximum Gasteiger partial charge on any atom is 3.00 e. The first-order valence-corrected chi connectivity index (χ1v) is 0. The van der Waals surface area contributed by atoms with E-state index in [2.05, 4.69) is 0 Å². The van der Waals surface area contributed by atoms with Crippen molar-refractivity contribution in [3.63, 3.8) is 0 Å². The average Bonchev–Trinajstić information content (AvgIpc) is 0. The van der Waals surface area contributed by atoms with E-state index < -0.39 is 0 Å². The molecule has 6 heteroatoms. The molecule has 0 aliphatic carbocycles. The van der Waals surface area contributed by atoms with E-state index in [9.17, 15) is 0 Å². The van der Waals surface area contributed by atoms with Gasteiger partial charge in [0.25, 0.3) is 0 Å². The van der Waals surface area contributed by atoms with Gasteiger partial charge in [0.05, 0.1) is 0 Å². The first kappa shape index (κ1) is 67.7. The van der Waals surface area contributed by atoms with Gasteiger partial charge in [-0.1, -0.05) is 0 Å². The van der Waals surface area contributed by atoms with Crippen molar-refractivity contribution in [2.45, 2.75) is 0 Å². The van der Waals surface area contributed by atoms with Gasteiger partial charge < -0.3 is 21.9 Å². The van der Waals surface area contributed by atoms with Crippen LogP contribution in [0.2, 0.25) is 0 Å². The van der Waals surface area contributed by atoms with Crippen molar-refractivity contribution in [3.05, 3.63) is 0 Å². The van der Waals surface area contributed by atoms with E-state index in [0.29, 0.717) is 0 Å². The van der Waals surface area contributed by atoms with Crippen LogP contribution in [0.25, 0.3) is 0 Å². The molecule has 4 N–H and O–H groups in total. The topological polar surface area (TPSA) is 120 Å². The molecule has 0 rings (SSSR count). The molecular weight excluding hydrogens is 247 g/mol. The third-order valence-electron chi connectivity index (χ3n) is 0. The second kappa shape index (κ2) is 45.6. The van der Waals surface area contributed by atoms with Crippen molar-refractivity contribution in [1.82, 2.24) is 0 Å². The van der Waals surface area contributed by atoms with Crippen LogP contribution in [0, 0.1) is 40.8 Å². The van der Waals surface area contributed by atoms with Crippen molar-refractivity contribution in [2.24, 2.45) is 0 Å². The Hall–Kier alpha value is 2.83. The molecule has 0 aromatic rings. The van der Waals surface area contributed by atoms with E-state index in [-0.39, 0.29) is 114 Å². The summed E-state index contributed by atoms with van der Waals surface area (Å²) < 4.78 is 0. The maximum atomic E-state index is 0. The standard InChI is InChI=1S/K.Nd.4H2O/h;;4*1H2/q+1;+3;;;;/p-4. The van der Waals surface area contributed by atoms with E-state index in [4.69, 9.17) is 0 Å². The summed E-state index contributed by atoms with van der Waals surface area (Å²) in [6.45, 7) is 0. The van der Waals surface area contributed by atoms with Crippen LogP contribution in [-0.2, 0) is 0 Å². The van der Waals surface area contributed by atoms with Gasteiger partial charge in [-0.05, 0) is 0 Å². The molecule has 4 nitrogen and oxygen atoms in total. The monoisotopic (exact) mass is 249 g/mol. The van der Waals surface area contributed by atoms with E-state index in [1.54, 1.807) is 0 Å². The molecule has 0 saturated heterocycles. The van der Waals surface area contributed by atoms with Crippen LogP contribution in [-0.4, -0.2) is 21.9 Å². The molecule has 6 heavy (non-hydrogen) atoms. The minimum absolute atomic E-state index is 0. The van der Waals surface area contributed by atoms with Crippen molar-refractivity contribution < 1.29 is 114 Å². The molecule has 0 atom stereocenters. The Labute approximate surface area is 111 Å². The van der Waals surface area contributed by atoms with Crippen molar-refractivity contribution in [3.8, 4) is 0 Å². The van der Waals surface area contributed by atoms with Crippen LogP contribution in [0.4, 0.5) is 0 Å². The zero-order valence-corrected chi connectivity index (χ0v) is 9.62. The fourth-order valence-corrected chi connectivity index (χ4v) is 0. The minimum Gasteiger partial charge on any atom is -0.870 e. The Morgan fingerprint density at radius 3 is 0.500 bits per heavy atom. The summed E-state index contributed by atoms with van der Waals surface area (Å²) >= 11 is 0. The van der Waals surface area contributed by atoms with Crippen LogP contribution >= 0.6 is 0 Å². The SMILES string of the molecule is [K+].[Nd+3].[OH-].[OH-].[OH-].[OH-]. The summed E-state index contributed by atoms with van der Waals surface area (Å²) in [5.74, 6) is 0. The van der Waals surface area contributed by atoms with Gasteiger partial charge in [-0.2, -0.15) is 0 Å². The van der Waals surface area contributed by atoms with Gasteiger partial charge in [0.1, 0.15) is 0 Å². The van der Waals surface area contributed by atoms with Crippen molar-refractivity contribution >= 4 is 0 Å². The number of hydrogen-bond donors (Lipinski definition) is 0. The Kier molecular flexibility index (Phi) is 515. The van der Waals surface area contributed by atoms with Crippen LogP contribution in [0.5, 0.6) is 0 Å². The zero-order valence-electron chi connectivity index (χ0n) is 3.29. The minimum atomic E-state index is 0. The van der Waals surface area contributed by atoms with Crippen LogP contribution < -0.4 is 51.4 Å². The van der Waals surface area contributed by atoms with Crippen molar-refractivity contribution in [1.29, 1.82) is 0 Å². The van der Waals surface area contributed by atoms with E-state index >= 15 is 0 Å². The molecule has 0 heterocycles. The van der Waals surface area contributed by atoms with Crippen LogP contribution in [0.3, 0.4) is 0 Å². The van der Waals surface area contributed by atoms with Gasteiger partial charge in [0.2, 0.25) is 0 Å². The third kappa shape index (κ3) is 29.0. The van der Waals surface area contributed by atoms with Gasteiger partial charge >= 0.3 is 92.2 Å². The van der Waals surface area contributed by atoms with Crippen molar-refractivity contribution in [2.75, 3.05) is 0 Å². The molecule has 0 saturated carbocycles. The van der Waals surface area contributed by atoms with E-state index in [1.165, 1.54) is 0 Å². The Morgan fingerprint density at radius 1 is 0.500 bits per heavy atom. The predicted molar refractivity (Wildman–Crippen MR) is 7.74 cm³/mol. The summed E-state index contributed by atoms with van der Waals surface area (Å²) in [4.78, 5) is 0. The molecule has 0 aromatic carbocycles. The normalized spacial score (nSPS) is 0. The largest absolute Gasteiger partial charge is 3.00 e. The summed E-state index contributed by atoms with van der Waals surface area (Å²) in [6.07, 6.45) is 0. The number of hydrogen-bond acceptors (Lipinski definition) is 4.